The highest BCUT2D eigenvalue weighted by Crippen LogP contribution is 2.09. The van der Waals surface area contributed by atoms with E-state index in [1.807, 2.05) is 6.92 Å². The van der Waals surface area contributed by atoms with Crippen LogP contribution in [0.4, 0.5) is 0 Å². The van der Waals surface area contributed by atoms with Gasteiger partial charge in [0.25, 0.3) is 0 Å². The van der Waals surface area contributed by atoms with E-state index < -0.39 is 0 Å². The van der Waals surface area contributed by atoms with Crippen molar-refractivity contribution in [2.24, 2.45) is 11.8 Å². The summed E-state index contributed by atoms with van der Waals surface area (Å²) >= 11 is 0. The van der Waals surface area contributed by atoms with Crippen LogP contribution in [0.2, 0.25) is 0 Å². The third-order valence-corrected chi connectivity index (χ3v) is 1.39. The standard InChI is InChI=1S/C8H15/c1-5-6-8(4)7(2)3/h5-8H,2H2,1,3-4H3/b6-5+. The third-order valence-electron chi connectivity index (χ3n) is 1.39. The Morgan fingerprint density at radius 2 is 1.88 bits per heavy atom. The molecule has 0 spiro atoms. The minimum absolute atomic E-state index is 0.534. The molecule has 0 aromatic carbocycles. The van der Waals surface area contributed by atoms with Crippen molar-refractivity contribution in [2.75, 3.05) is 0 Å². The molecule has 0 amide bonds. The van der Waals surface area contributed by atoms with E-state index in [-0.39, 0.29) is 0 Å². The van der Waals surface area contributed by atoms with Crippen LogP contribution in [-0.4, -0.2) is 0 Å². The summed E-state index contributed by atoms with van der Waals surface area (Å²) < 4.78 is 0. The number of allylic oxidation sites excluding steroid dienone is 2. The van der Waals surface area contributed by atoms with E-state index in [4.69, 9.17) is 0 Å². The molecule has 0 saturated heterocycles. The lowest BCUT2D eigenvalue weighted by Crippen LogP contribution is -1.98. The maximum Gasteiger partial charge on any atom is -0.0236 e. The second-order valence-corrected chi connectivity index (χ2v) is 2.36. The average Bonchev–Trinajstić information content (AvgIpc) is 1.67. The monoisotopic (exact) mass is 111 g/mol. The van der Waals surface area contributed by atoms with E-state index >= 15 is 0 Å². The lowest BCUT2D eigenvalue weighted by Gasteiger charge is -2.08. The van der Waals surface area contributed by atoms with Gasteiger partial charge in [-0.15, -0.1) is 0 Å². The average molecular weight is 111 g/mol. The summed E-state index contributed by atoms with van der Waals surface area (Å²) in [5.41, 5.74) is 0. The predicted molar refractivity (Wildman–Crippen MR) is 38.5 cm³/mol. The molecule has 0 aliphatic heterocycles. The van der Waals surface area contributed by atoms with Crippen LogP contribution >= 0.6 is 0 Å². The molecular formula is C8H15. The zero-order chi connectivity index (χ0) is 6.57. The molecule has 0 N–H and O–H groups in total. The van der Waals surface area contributed by atoms with Gasteiger partial charge in [-0.2, -0.15) is 0 Å². The van der Waals surface area contributed by atoms with E-state index in [2.05, 4.69) is 32.9 Å². The van der Waals surface area contributed by atoms with Gasteiger partial charge in [-0.3, -0.25) is 0 Å². The Labute approximate surface area is 52.6 Å². The lowest BCUT2D eigenvalue weighted by atomic mass is 9.98. The molecule has 0 bridgehead atoms. The predicted octanol–water partition coefficient (Wildman–Crippen LogP) is 2.67. The summed E-state index contributed by atoms with van der Waals surface area (Å²) in [5.74, 6) is 1.16. The lowest BCUT2D eigenvalue weighted by molar-refractivity contribution is 0.554. The SMILES string of the molecule is [CH2]C(C)C(C)/C=C/C. The van der Waals surface area contributed by atoms with Crippen LogP contribution < -0.4 is 0 Å². The second kappa shape index (κ2) is 3.71. The molecule has 0 aromatic heterocycles. The van der Waals surface area contributed by atoms with Gasteiger partial charge in [0, 0.05) is 0 Å². The number of hydrogen-bond donors (Lipinski definition) is 0. The molecule has 0 rings (SSSR count). The van der Waals surface area contributed by atoms with Crippen molar-refractivity contribution in [2.45, 2.75) is 20.8 Å². The molecule has 1 radical (unpaired) electrons. The van der Waals surface area contributed by atoms with Crippen molar-refractivity contribution in [3.8, 4) is 0 Å². The Kier molecular flexibility index (Phi) is 3.59. The molecule has 2 unspecified atom stereocenters. The van der Waals surface area contributed by atoms with Crippen LogP contribution in [0.15, 0.2) is 12.2 Å². The summed E-state index contributed by atoms with van der Waals surface area (Å²) in [5, 5.41) is 0. The van der Waals surface area contributed by atoms with Crippen LogP contribution in [0.3, 0.4) is 0 Å². The van der Waals surface area contributed by atoms with Crippen molar-refractivity contribution < 1.29 is 0 Å². The van der Waals surface area contributed by atoms with Gasteiger partial charge in [0.2, 0.25) is 0 Å². The maximum atomic E-state index is 3.91. The van der Waals surface area contributed by atoms with Gasteiger partial charge in [0.05, 0.1) is 0 Å². The zero-order valence-corrected chi connectivity index (χ0v) is 6.02. The molecule has 0 nitrogen and oxygen atoms in total. The molecule has 47 valence electrons. The fourth-order valence-corrected chi connectivity index (χ4v) is 0.493. The minimum atomic E-state index is 0.534. The smallest absolute Gasteiger partial charge is 0.0236 e. The molecule has 0 saturated carbocycles. The summed E-state index contributed by atoms with van der Waals surface area (Å²) in [4.78, 5) is 0. The highest BCUT2D eigenvalue weighted by atomic mass is 14.0. The van der Waals surface area contributed by atoms with Crippen LogP contribution in [0.5, 0.6) is 0 Å². The number of hydrogen-bond acceptors (Lipinski definition) is 0. The minimum Gasteiger partial charge on any atom is -0.0914 e. The number of rotatable bonds is 2. The van der Waals surface area contributed by atoms with E-state index in [1.54, 1.807) is 0 Å². The molecule has 0 heterocycles. The van der Waals surface area contributed by atoms with Crippen LogP contribution in [0.25, 0.3) is 0 Å². The Bertz CT molecular complexity index is 70.1. The van der Waals surface area contributed by atoms with E-state index in [1.165, 1.54) is 0 Å². The van der Waals surface area contributed by atoms with Crippen molar-refractivity contribution in [1.82, 2.24) is 0 Å². The topological polar surface area (TPSA) is 0 Å². The van der Waals surface area contributed by atoms with Gasteiger partial charge >= 0.3 is 0 Å². The largest absolute Gasteiger partial charge is 0.0914 e. The summed E-state index contributed by atoms with van der Waals surface area (Å²) in [6.45, 7) is 10.3. The fourth-order valence-electron chi connectivity index (χ4n) is 0.493. The van der Waals surface area contributed by atoms with Crippen molar-refractivity contribution in [3.63, 3.8) is 0 Å². The first-order chi connectivity index (χ1) is 3.68. The fraction of sp³-hybridized carbons (Fsp3) is 0.625. The van der Waals surface area contributed by atoms with Crippen molar-refractivity contribution in [3.05, 3.63) is 19.1 Å². The van der Waals surface area contributed by atoms with Gasteiger partial charge in [0.1, 0.15) is 0 Å². The van der Waals surface area contributed by atoms with Gasteiger partial charge < -0.3 is 0 Å². The Balaban J connectivity index is 3.47. The first-order valence-corrected chi connectivity index (χ1v) is 3.14. The van der Waals surface area contributed by atoms with E-state index in [0.29, 0.717) is 11.8 Å². The molecule has 0 fully saturated rings. The Morgan fingerprint density at radius 1 is 1.38 bits per heavy atom. The maximum absolute atomic E-state index is 3.91. The molecular weight excluding hydrogens is 96.1 g/mol. The second-order valence-electron chi connectivity index (χ2n) is 2.36. The molecule has 0 heteroatoms. The summed E-state index contributed by atoms with van der Waals surface area (Å²) in [7, 11) is 0. The molecule has 0 aromatic rings. The van der Waals surface area contributed by atoms with Gasteiger partial charge in [-0.05, 0) is 25.7 Å². The zero-order valence-electron chi connectivity index (χ0n) is 6.02. The molecule has 0 aliphatic rings. The highest BCUT2D eigenvalue weighted by molar-refractivity contribution is 4.86. The molecule has 0 aliphatic carbocycles. The summed E-state index contributed by atoms with van der Waals surface area (Å²) in [6.07, 6.45) is 4.25. The Morgan fingerprint density at radius 3 is 2.00 bits per heavy atom. The first-order valence-electron chi connectivity index (χ1n) is 3.14. The van der Waals surface area contributed by atoms with Crippen molar-refractivity contribution >= 4 is 0 Å². The van der Waals surface area contributed by atoms with Gasteiger partial charge in [0.15, 0.2) is 0 Å². The Hall–Kier alpha value is -0.260. The normalized spacial score (nSPS) is 15.6. The third kappa shape index (κ3) is 2.84. The van der Waals surface area contributed by atoms with Crippen LogP contribution in [-0.2, 0) is 0 Å². The van der Waals surface area contributed by atoms with Crippen LogP contribution in [0.1, 0.15) is 20.8 Å². The van der Waals surface area contributed by atoms with Gasteiger partial charge in [-0.1, -0.05) is 26.0 Å². The quantitative estimate of drug-likeness (QED) is 0.480. The highest BCUT2D eigenvalue weighted by Gasteiger charge is 1.99. The van der Waals surface area contributed by atoms with Gasteiger partial charge in [-0.25, -0.2) is 0 Å². The first kappa shape index (κ1) is 7.74. The van der Waals surface area contributed by atoms with Crippen molar-refractivity contribution in [1.29, 1.82) is 0 Å². The van der Waals surface area contributed by atoms with Crippen LogP contribution in [0, 0.1) is 18.8 Å². The molecule has 8 heavy (non-hydrogen) atoms. The van der Waals surface area contributed by atoms with E-state index in [0.717, 1.165) is 0 Å². The van der Waals surface area contributed by atoms with E-state index in [9.17, 15) is 0 Å². The summed E-state index contributed by atoms with van der Waals surface area (Å²) in [6, 6.07) is 0. The molecule has 2 atom stereocenters.